The van der Waals surface area contributed by atoms with Crippen molar-refractivity contribution in [2.75, 3.05) is 14.2 Å². The summed E-state index contributed by atoms with van der Waals surface area (Å²) in [7, 11) is 3.06. The van der Waals surface area contributed by atoms with E-state index in [1.54, 1.807) is 59.4 Å². The van der Waals surface area contributed by atoms with Crippen molar-refractivity contribution < 1.29 is 23.1 Å². The number of nitrogens with one attached hydrogen (secondary N) is 1. The van der Waals surface area contributed by atoms with Crippen LogP contribution in [0.1, 0.15) is 16.9 Å². The molecule has 2 aromatic heterocycles. The van der Waals surface area contributed by atoms with Crippen molar-refractivity contribution in [1.82, 2.24) is 15.1 Å². The fourth-order valence-corrected chi connectivity index (χ4v) is 3.61. The Morgan fingerprint density at radius 2 is 1.97 bits per heavy atom. The summed E-state index contributed by atoms with van der Waals surface area (Å²) in [4.78, 5) is 12.7. The van der Waals surface area contributed by atoms with Gasteiger partial charge in [0.15, 0.2) is 11.5 Å². The molecule has 4 aromatic rings. The zero-order chi connectivity index (χ0) is 25.5. The van der Waals surface area contributed by atoms with Crippen LogP contribution >= 0.6 is 0 Å². The summed E-state index contributed by atoms with van der Waals surface area (Å²) in [5, 5.41) is 17.0. The molecule has 0 unspecified atom stereocenters. The van der Waals surface area contributed by atoms with Crippen molar-refractivity contribution in [2.24, 2.45) is 0 Å². The minimum absolute atomic E-state index is 0.117. The van der Waals surface area contributed by atoms with Gasteiger partial charge in [-0.3, -0.25) is 9.48 Å². The van der Waals surface area contributed by atoms with Crippen LogP contribution in [0.4, 0.5) is 4.39 Å². The Morgan fingerprint density at radius 1 is 1.17 bits per heavy atom. The zero-order valence-electron chi connectivity index (χ0n) is 19.7. The maximum atomic E-state index is 14.3. The molecule has 1 amide bonds. The van der Waals surface area contributed by atoms with Crippen LogP contribution in [0.15, 0.2) is 77.0 Å². The number of benzene rings is 2. The van der Waals surface area contributed by atoms with Gasteiger partial charge >= 0.3 is 0 Å². The molecule has 0 aliphatic heterocycles. The smallest absolute Gasteiger partial charge is 0.262 e. The third kappa shape index (κ3) is 5.45. The lowest BCUT2D eigenvalue weighted by Crippen LogP contribution is -2.23. The van der Waals surface area contributed by atoms with E-state index in [4.69, 9.17) is 13.9 Å². The Labute approximate surface area is 207 Å². The van der Waals surface area contributed by atoms with Crippen LogP contribution in [0, 0.1) is 17.1 Å². The molecule has 8 nitrogen and oxygen atoms in total. The van der Waals surface area contributed by atoms with Gasteiger partial charge in [-0.25, -0.2) is 4.39 Å². The number of ether oxygens (including phenoxy) is 2. The number of nitrogens with zero attached hydrogens (tertiary/aromatic N) is 3. The van der Waals surface area contributed by atoms with E-state index in [1.807, 2.05) is 6.07 Å². The fourth-order valence-electron chi connectivity index (χ4n) is 3.61. The molecule has 0 aliphatic rings. The predicted molar refractivity (Wildman–Crippen MR) is 130 cm³/mol. The summed E-state index contributed by atoms with van der Waals surface area (Å²) in [6.07, 6.45) is 4.62. The monoisotopic (exact) mass is 486 g/mol. The normalized spacial score (nSPS) is 11.1. The van der Waals surface area contributed by atoms with E-state index in [0.29, 0.717) is 39.6 Å². The number of rotatable bonds is 9. The van der Waals surface area contributed by atoms with E-state index in [0.717, 1.165) is 0 Å². The lowest BCUT2D eigenvalue weighted by molar-refractivity contribution is -0.117. The summed E-state index contributed by atoms with van der Waals surface area (Å²) < 4.78 is 31.8. The van der Waals surface area contributed by atoms with E-state index in [-0.39, 0.29) is 24.5 Å². The molecule has 0 bridgehead atoms. The second kappa shape index (κ2) is 11.1. The molecule has 1 N–H and O–H groups in total. The maximum absolute atomic E-state index is 14.3. The molecule has 9 heteroatoms. The second-order valence-electron chi connectivity index (χ2n) is 7.72. The third-order valence-electron chi connectivity index (χ3n) is 5.41. The number of halogens is 1. The largest absolute Gasteiger partial charge is 0.493 e. The summed E-state index contributed by atoms with van der Waals surface area (Å²) in [6.45, 7) is 0.299. The van der Waals surface area contributed by atoms with Gasteiger partial charge in [0.05, 0.1) is 39.3 Å². The second-order valence-corrected chi connectivity index (χ2v) is 7.72. The summed E-state index contributed by atoms with van der Waals surface area (Å²) in [5.41, 5.74) is 1.99. The van der Waals surface area contributed by atoms with Crippen LogP contribution in [-0.4, -0.2) is 29.9 Å². The molecule has 36 heavy (non-hydrogen) atoms. The third-order valence-corrected chi connectivity index (χ3v) is 5.41. The molecule has 0 saturated heterocycles. The SMILES string of the molecule is COc1ccc(-c2nn(Cc3ccccc3F)cc2/C=C(\C#N)C(=O)NCc2ccco2)cc1OC. The molecule has 0 atom stereocenters. The highest BCUT2D eigenvalue weighted by atomic mass is 19.1. The summed E-state index contributed by atoms with van der Waals surface area (Å²) in [6, 6.07) is 17.1. The van der Waals surface area contributed by atoms with E-state index >= 15 is 0 Å². The van der Waals surface area contributed by atoms with Crippen LogP contribution < -0.4 is 14.8 Å². The molecular formula is C27H23FN4O4. The highest BCUT2D eigenvalue weighted by Gasteiger charge is 2.17. The minimum atomic E-state index is -0.561. The molecule has 0 fully saturated rings. The van der Waals surface area contributed by atoms with E-state index in [1.165, 1.54) is 32.6 Å². The summed E-state index contributed by atoms with van der Waals surface area (Å²) >= 11 is 0. The predicted octanol–water partition coefficient (Wildman–Crippen LogP) is 4.57. The Bertz CT molecular complexity index is 1430. The Kier molecular flexibility index (Phi) is 7.46. The number of furan rings is 1. The highest BCUT2D eigenvalue weighted by molar-refractivity contribution is 6.02. The molecule has 2 heterocycles. The van der Waals surface area contributed by atoms with Crippen molar-refractivity contribution in [3.8, 4) is 28.8 Å². The average Bonchev–Trinajstić information content (AvgIpc) is 3.56. The van der Waals surface area contributed by atoms with Gasteiger partial charge in [-0.1, -0.05) is 18.2 Å². The van der Waals surface area contributed by atoms with Gasteiger partial charge in [0, 0.05) is 22.9 Å². The quantitative estimate of drug-likeness (QED) is 0.275. The van der Waals surface area contributed by atoms with E-state index in [9.17, 15) is 14.4 Å². The molecule has 0 spiro atoms. The molecule has 0 aliphatic carbocycles. The van der Waals surface area contributed by atoms with E-state index < -0.39 is 5.91 Å². The van der Waals surface area contributed by atoms with Gasteiger partial charge in [0.1, 0.15) is 23.2 Å². The number of aromatic nitrogens is 2. The first-order chi connectivity index (χ1) is 17.5. The van der Waals surface area contributed by atoms with Crippen LogP contribution in [0.2, 0.25) is 0 Å². The molecule has 0 saturated carbocycles. The van der Waals surface area contributed by atoms with E-state index in [2.05, 4.69) is 10.4 Å². The first-order valence-electron chi connectivity index (χ1n) is 11.0. The Morgan fingerprint density at radius 3 is 2.67 bits per heavy atom. The molecule has 0 radical (unpaired) electrons. The van der Waals surface area contributed by atoms with Crippen molar-refractivity contribution in [2.45, 2.75) is 13.1 Å². The van der Waals surface area contributed by atoms with Gasteiger partial charge in [-0.2, -0.15) is 10.4 Å². The number of carbonyl (C=O) groups is 1. The van der Waals surface area contributed by atoms with Gasteiger partial charge in [-0.15, -0.1) is 0 Å². The topological polar surface area (TPSA) is 102 Å². The molecular weight excluding hydrogens is 463 g/mol. The molecule has 4 rings (SSSR count). The number of hydrogen-bond donors (Lipinski definition) is 1. The number of hydrogen-bond acceptors (Lipinski definition) is 6. The molecule has 2 aromatic carbocycles. The van der Waals surface area contributed by atoms with Crippen molar-refractivity contribution >= 4 is 12.0 Å². The zero-order valence-corrected chi connectivity index (χ0v) is 19.7. The van der Waals surface area contributed by atoms with Gasteiger partial charge in [0.25, 0.3) is 5.91 Å². The maximum Gasteiger partial charge on any atom is 0.262 e. The summed E-state index contributed by atoms with van der Waals surface area (Å²) in [5.74, 6) is 0.676. The van der Waals surface area contributed by atoms with Crippen LogP contribution in [0.25, 0.3) is 17.3 Å². The molecule has 182 valence electrons. The first kappa shape index (κ1) is 24.3. The Balaban J connectivity index is 1.72. The van der Waals surface area contributed by atoms with Crippen molar-refractivity contribution in [3.63, 3.8) is 0 Å². The van der Waals surface area contributed by atoms with Gasteiger partial charge < -0.3 is 19.2 Å². The number of carbonyl (C=O) groups excluding carboxylic acids is 1. The van der Waals surface area contributed by atoms with Crippen LogP contribution in [0.5, 0.6) is 11.5 Å². The van der Waals surface area contributed by atoms with Crippen LogP contribution in [0.3, 0.4) is 0 Å². The average molecular weight is 487 g/mol. The lowest BCUT2D eigenvalue weighted by atomic mass is 10.1. The Hall–Kier alpha value is -4.84. The van der Waals surface area contributed by atoms with Crippen molar-refractivity contribution in [3.05, 3.63) is 95.3 Å². The van der Waals surface area contributed by atoms with Crippen molar-refractivity contribution in [1.29, 1.82) is 5.26 Å². The fraction of sp³-hybridized carbons (Fsp3) is 0.148. The number of nitriles is 1. The van der Waals surface area contributed by atoms with Gasteiger partial charge in [-0.05, 0) is 42.5 Å². The minimum Gasteiger partial charge on any atom is -0.493 e. The standard InChI is InChI=1S/C27H23FN4O4/c1-34-24-10-9-18(13-25(24)35-2)26-21(17-32(31-26)16-19-6-3-4-8-23(19)28)12-20(14-29)27(33)30-15-22-7-5-11-36-22/h3-13,17H,15-16H2,1-2H3,(H,30,33)/b20-12+. The highest BCUT2D eigenvalue weighted by Crippen LogP contribution is 2.33. The number of methoxy groups -OCH3 is 2. The van der Waals surface area contributed by atoms with Gasteiger partial charge in [0.2, 0.25) is 0 Å². The number of amides is 1. The first-order valence-corrected chi connectivity index (χ1v) is 11.0. The lowest BCUT2D eigenvalue weighted by Gasteiger charge is -2.09. The van der Waals surface area contributed by atoms with Crippen LogP contribution in [-0.2, 0) is 17.9 Å².